The fourth-order valence-corrected chi connectivity index (χ4v) is 6.19. The fraction of sp³-hybridized carbons (Fsp3) is 0.310. The van der Waals surface area contributed by atoms with Gasteiger partial charge in [0.25, 0.3) is 0 Å². The molecule has 1 aliphatic carbocycles. The van der Waals surface area contributed by atoms with Gasteiger partial charge in [-0.15, -0.1) is 11.3 Å². The van der Waals surface area contributed by atoms with Crippen LogP contribution in [0.4, 0.5) is 9.39 Å². The summed E-state index contributed by atoms with van der Waals surface area (Å²) >= 11 is 1.67. The van der Waals surface area contributed by atoms with Crippen LogP contribution in [0.25, 0.3) is 10.9 Å². The van der Waals surface area contributed by atoms with Crippen LogP contribution in [-0.2, 0) is 19.4 Å². The Bertz CT molecular complexity index is 1430. The lowest BCUT2D eigenvalue weighted by molar-refractivity contribution is 0.218. The lowest BCUT2D eigenvalue weighted by Gasteiger charge is -2.33. The molecule has 0 saturated carbocycles. The second kappa shape index (κ2) is 8.85. The van der Waals surface area contributed by atoms with E-state index in [1.807, 2.05) is 42.7 Å². The Balaban J connectivity index is 1.49. The van der Waals surface area contributed by atoms with E-state index >= 15 is 0 Å². The van der Waals surface area contributed by atoms with Gasteiger partial charge in [-0.05, 0) is 48.3 Å². The molecule has 34 heavy (non-hydrogen) atoms. The molecule has 1 atom stereocenters. The Hall–Kier alpha value is -3.23. The van der Waals surface area contributed by atoms with Gasteiger partial charge in [-0.1, -0.05) is 57.2 Å². The fourth-order valence-electron chi connectivity index (χ4n) is 4.96. The van der Waals surface area contributed by atoms with Crippen LogP contribution in [0.3, 0.4) is 0 Å². The van der Waals surface area contributed by atoms with Gasteiger partial charge in [0.05, 0.1) is 12.1 Å². The van der Waals surface area contributed by atoms with E-state index in [0.717, 1.165) is 46.3 Å². The summed E-state index contributed by atoms with van der Waals surface area (Å²) in [4.78, 5) is 6.13. The van der Waals surface area contributed by atoms with Crippen molar-refractivity contribution in [1.82, 2.24) is 4.57 Å². The van der Waals surface area contributed by atoms with Crippen LogP contribution < -0.4 is 0 Å². The molecule has 0 bridgehead atoms. The van der Waals surface area contributed by atoms with E-state index in [1.54, 1.807) is 17.4 Å². The molecule has 5 rings (SSSR count). The second-order valence-electron chi connectivity index (χ2n) is 10.2. The van der Waals surface area contributed by atoms with E-state index in [4.69, 9.17) is 4.99 Å². The van der Waals surface area contributed by atoms with E-state index in [1.165, 1.54) is 16.5 Å². The predicted molar refractivity (Wildman–Crippen MR) is 139 cm³/mol. The number of hydrogen-bond donors (Lipinski definition) is 0. The van der Waals surface area contributed by atoms with Gasteiger partial charge in [0, 0.05) is 39.3 Å². The Kier molecular flexibility index (Phi) is 5.87. The van der Waals surface area contributed by atoms with Gasteiger partial charge >= 0.3 is 0 Å². The van der Waals surface area contributed by atoms with Gasteiger partial charge in [-0.2, -0.15) is 5.26 Å². The molecule has 0 aliphatic heterocycles. The predicted octanol–water partition coefficient (Wildman–Crippen LogP) is 7.66. The summed E-state index contributed by atoms with van der Waals surface area (Å²) in [5.74, 6) is 0.422. The average Bonchev–Trinajstić information content (AvgIpc) is 3.35. The first kappa shape index (κ1) is 22.6. The van der Waals surface area contributed by atoms with Crippen LogP contribution in [0.2, 0.25) is 0 Å². The summed E-state index contributed by atoms with van der Waals surface area (Å²) in [6, 6.07) is 17.4. The minimum absolute atomic E-state index is 0.202. The molecule has 2 heterocycles. The molecule has 4 aromatic rings. The van der Waals surface area contributed by atoms with E-state index in [-0.39, 0.29) is 11.2 Å². The van der Waals surface area contributed by atoms with Gasteiger partial charge in [0.15, 0.2) is 0 Å². The van der Waals surface area contributed by atoms with Crippen LogP contribution >= 0.6 is 11.3 Å². The van der Waals surface area contributed by atoms with Crippen LogP contribution in [0.1, 0.15) is 54.3 Å². The highest BCUT2D eigenvalue weighted by molar-refractivity contribution is 7.16. The highest BCUT2D eigenvalue weighted by Gasteiger charge is 2.32. The number of benzene rings is 2. The standard InChI is InChI=1S/C29H28FN3S/c1-29(2,3)21-12-13-23-24(15-31)28(34-27(23)14-21)32-16-20-18-33(26-11-7-5-9-22(20)26)17-19-8-4-6-10-25(19)30/h4-11,16,18,21H,12-14,17H2,1-3H3/t21-/m0/s1. The molecule has 2 aromatic heterocycles. The van der Waals surface area contributed by atoms with E-state index < -0.39 is 0 Å². The summed E-state index contributed by atoms with van der Waals surface area (Å²) in [6.45, 7) is 7.36. The van der Waals surface area contributed by atoms with E-state index in [0.29, 0.717) is 18.0 Å². The van der Waals surface area contributed by atoms with Crippen molar-refractivity contribution >= 4 is 33.5 Å². The maximum absolute atomic E-state index is 14.3. The number of fused-ring (bicyclic) bond motifs is 2. The smallest absolute Gasteiger partial charge is 0.134 e. The Morgan fingerprint density at radius 1 is 1.18 bits per heavy atom. The maximum atomic E-state index is 14.3. The maximum Gasteiger partial charge on any atom is 0.134 e. The minimum atomic E-state index is -0.202. The average molecular weight is 470 g/mol. The van der Waals surface area contributed by atoms with Gasteiger partial charge in [0.1, 0.15) is 16.9 Å². The lowest BCUT2D eigenvalue weighted by atomic mass is 9.72. The Labute approximate surface area is 204 Å². The Morgan fingerprint density at radius 2 is 1.94 bits per heavy atom. The van der Waals surface area contributed by atoms with Crippen LogP contribution in [0, 0.1) is 28.5 Å². The van der Waals surface area contributed by atoms with Gasteiger partial charge in [-0.3, -0.25) is 0 Å². The molecule has 0 N–H and O–H groups in total. The molecule has 0 fully saturated rings. The van der Waals surface area contributed by atoms with E-state index in [2.05, 4.69) is 37.5 Å². The summed E-state index contributed by atoms with van der Waals surface area (Å²) < 4.78 is 16.3. The molecule has 0 unspecified atom stereocenters. The Morgan fingerprint density at radius 3 is 2.71 bits per heavy atom. The molecule has 0 saturated heterocycles. The zero-order valence-electron chi connectivity index (χ0n) is 19.8. The molecule has 2 aromatic carbocycles. The number of aromatic nitrogens is 1. The van der Waals surface area contributed by atoms with Gasteiger partial charge in [0.2, 0.25) is 0 Å². The third kappa shape index (κ3) is 4.19. The second-order valence-corrected chi connectivity index (χ2v) is 11.3. The summed E-state index contributed by atoms with van der Waals surface area (Å²) in [5.41, 5.74) is 4.84. The third-order valence-electron chi connectivity index (χ3n) is 7.02. The summed E-state index contributed by atoms with van der Waals surface area (Å²) in [7, 11) is 0. The highest BCUT2D eigenvalue weighted by Crippen LogP contribution is 2.45. The zero-order valence-corrected chi connectivity index (χ0v) is 20.6. The van der Waals surface area contributed by atoms with Crippen molar-refractivity contribution in [2.75, 3.05) is 0 Å². The molecule has 0 radical (unpaired) electrons. The normalized spacial score (nSPS) is 16.1. The number of halogens is 1. The lowest BCUT2D eigenvalue weighted by Crippen LogP contribution is -2.26. The molecule has 1 aliphatic rings. The molecule has 3 nitrogen and oxygen atoms in total. The molecular weight excluding hydrogens is 441 g/mol. The molecule has 172 valence electrons. The number of nitrogens with zero attached hydrogens (tertiary/aromatic N) is 3. The van der Waals surface area contributed by atoms with E-state index in [9.17, 15) is 9.65 Å². The monoisotopic (exact) mass is 469 g/mol. The van der Waals surface area contributed by atoms with Crippen molar-refractivity contribution in [2.45, 2.75) is 46.6 Å². The number of nitriles is 1. The van der Waals surface area contributed by atoms with Crippen molar-refractivity contribution in [1.29, 1.82) is 5.26 Å². The molecule has 0 spiro atoms. The topological polar surface area (TPSA) is 41.1 Å². The first-order valence-corrected chi connectivity index (χ1v) is 12.6. The summed E-state index contributed by atoms with van der Waals surface area (Å²) in [5, 5.41) is 11.8. The van der Waals surface area contributed by atoms with Crippen LogP contribution in [0.5, 0.6) is 0 Å². The number of rotatable bonds is 4. The van der Waals surface area contributed by atoms with Crippen LogP contribution in [-0.4, -0.2) is 10.8 Å². The molecule has 5 heteroatoms. The molecule has 0 amide bonds. The summed E-state index contributed by atoms with van der Waals surface area (Å²) in [6.07, 6.45) is 6.98. The highest BCUT2D eigenvalue weighted by atomic mass is 32.1. The number of hydrogen-bond acceptors (Lipinski definition) is 3. The first-order chi connectivity index (χ1) is 16.3. The van der Waals surface area contributed by atoms with Crippen molar-refractivity contribution in [3.63, 3.8) is 0 Å². The SMILES string of the molecule is CC(C)(C)[C@H]1CCc2c(sc(N=Cc3cn(Cc4ccccc4F)c4ccccc34)c2C#N)C1. The first-order valence-electron chi connectivity index (χ1n) is 11.7. The number of aliphatic imine (C=N–C) groups is 1. The van der Waals surface area contributed by atoms with Crippen molar-refractivity contribution in [2.24, 2.45) is 16.3 Å². The molecular formula is C29H28FN3S. The van der Waals surface area contributed by atoms with Crippen molar-refractivity contribution in [3.8, 4) is 6.07 Å². The zero-order chi connectivity index (χ0) is 23.9. The minimum Gasteiger partial charge on any atom is -0.342 e. The van der Waals surface area contributed by atoms with Crippen LogP contribution in [0.15, 0.2) is 59.7 Å². The third-order valence-corrected chi connectivity index (χ3v) is 8.18. The number of thiophene rings is 1. The van der Waals surface area contributed by atoms with Crippen molar-refractivity contribution in [3.05, 3.63) is 87.7 Å². The van der Waals surface area contributed by atoms with Gasteiger partial charge < -0.3 is 4.57 Å². The van der Waals surface area contributed by atoms with Crippen molar-refractivity contribution < 1.29 is 4.39 Å². The van der Waals surface area contributed by atoms with Gasteiger partial charge in [-0.25, -0.2) is 9.38 Å². The number of para-hydroxylation sites is 1. The quantitative estimate of drug-likeness (QED) is 0.283. The largest absolute Gasteiger partial charge is 0.342 e.